The molecule has 0 saturated carbocycles. The molecule has 11 nitrogen and oxygen atoms in total. The number of carbonyl (C=O) groups excluding carboxylic acids is 1. The van der Waals surface area contributed by atoms with Crippen LogP contribution in [0.2, 0.25) is 0 Å². The Morgan fingerprint density at radius 1 is 1.02 bits per heavy atom. The van der Waals surface area contributed by atoms with Gasteiger partial charge >= 0.3 is 5.97 Å². The molecule has 0 bridgehead atoms. The number of fused-ring (bicyclic) bond motifs is 1. The Balaban J connectivity index is 1.59. The zero-order valence-corrected chi connectivity index (χ0v) is 29.3. The summed E-state index contributed by atoms with van der Waals surface area (Å²) in [7, 11) is 1.55. The van der Waals surface area contributed by atoms with E-state index in [-0.39, 0.29) is 24.5 Å². The fourth-order valence-corrected chi connectivity index (χ4v) is 6.76. The third-order valence-corrected chi connectivity index (χ3v) is 8.96. The zero-order valence-electron chi connectivity index (χ0n) is 26.9. The second kappa shape index (κ2) is 15.4. The zero-order chi connectivity index (χ0) is 34.4. The highest BCUT2D eigenvalue weighted by molar-refractivity contribution is 9.10. The molecule has 0 spiro atoms. The number of nitro benzene ring substituents is 1. The molecule has 0 saturated heterocycles. The van der Waals surface area contributed by atoms with E-state index in [1.807, 2.05) is 32.0 Å². The van der Waals surface area contributed by atoms with Crippen LogP contribution in [0.4, 0.5) is 5.69 Å². The number of benzene rings is 3. The van der Waals surface area contributed by atoms with Gasteiger partial charge in [0.1, 0.15) is 18.4 Å². The summed E-state index contributed by atoms with van der Waals surface area (Å²) in [6, 6.07) is 16.1. The lowest BCUT2D eigenvalue weighted by atomic mass is 9.93. The fourth-order valence-electron chi connectivity index (χ4n) is 5.36. The second-order valence-electron chi connectivity index (χ2n) is 10.7. The molecular formula is C35H34BrN3O8S. The summed E-state index contributed by atoms with van der Waals surface area (Å²) in [6.45, 7) is 6.33. The first-order valence-electron chi connectivity index (χ1n) is 15.4. The van der Waals surface area contributed by atoms with Crippen molar-refractivity contribution in [2.24, 2.45) is 4.99 Å². The van der Waals surface area contributed by atoms with Gasteiger partial charge in [-0.1, -0.05) is 46.7 Å². The molecule has 0 amide bonds. The highest BCUT2D eigenvalue weighted by Gasteiger charge is 2.36. The summed E-state index contributed by atoms with van der Waals surface area (Å²) in [5.41, 5.74) is 2.64. The van der Waals surface area contributed by atoms with Crippen molar-refractivity contribution >= 4 is 45.0 Å². The van der Waals surface area contributed by atoms with Gasteiger partial charge in [0.25, 0.3) is 11.2 Å². The molecular weight excluding hydrogens is 702 g/mol. The average Bonchev–Trinajstić information content (AvgIpc) is 3.38. The first-order valence-corrected chi connectivity index (χ1v) is 17.0. The number of allylic oxidation sites excluding steroid dienone is 1. The van der Waals surface area contributed by atoms with Crippen LogP contribution in [0.25, 0.3) is 6.08 Å². The highest BCUT2D eigenvalue weighted by Crippen LogP contribution is 2.38. The van der Waals surface area contributed by atoms with E-state index >= 15 is 0 Å². The monoisotopic (exact) mass is 735 g/mol. The van der Waals surface area contributed by atoms with Gasteiger partial charge in [0, 0.05) is 22.2 Å². The van der Waals surface area contributed by atoms with Crippen molar-refractivity contribution < 1.29 is 28.7 Å². The lowest BCUT2D eigenvalue weighted by Crippen LogP contribution is -2.40. The smallest absolute Gasteiger partial charge is 0.338 e. The third-order valence-electron chi connectivity index (χ3n) is 7.49. The van der Waals surface area contributed by atoms with E-state index in [0.717, 1.165) is 16.5 Å². The van der Waals surface area contributed by atoms with E-state index in [4.69, 9.17) is 23.9 Å². The molecule has 4 aromatic rings. The maximum atomic E-state index is 14.2. The standard InChI is InChI=1S/C35H34BrN3O8S/c1-5-8-26-31(34(41)46-7-3)32(25-19-23(36)12-16-27(25)44-4)38-33(40)30(48-35(38)37-26)18-22-11-15-28(29(17-22)45-6-2)47-20-21-9-13-24(14-10-21)39(42)43/h9-19,32H,5-8,20H2,1-4H3/b30-18+/t32-/m1/s1. The number of methoxy groups -OCH3 is 1. The molecule has 5 rings (SSSR count). The first kappa shape index (κ1) is 34.6. The van der Waals surface area contributed by atoms with Gasteiger partial charge in [-0.3, -0.25) is 19.5 Å². The molecule has 48 heavy (non-hydrogen) atoms. The number of halogens is 1. The molecule has 1 aliphatic rings. The van der Waals surface area contributed by atoms with Crippen molar-refractivity contribution in [1.82, 2.24) is 4.57 Å². The number of ether oxygens (including phenoxy) is 4. The predicted octanol–water partition coefficient (Wildman–Crippen LogP) is 6.24. The predicted molar refractivity (Wildman–Crippen MR) is 185 cm³/mol. The molecule has 0 N–H and O–H groups in total. The third kappa shape index (κ3) is 7.37. The van der Waals surface area contributed by atoms with Gasteiger partial charge in [-0.2, -0.15) is 0 Å². The molecule has 13 heteroatoms. The van der Waals surface area contributed by atoms with Crippen LogP contribution in [-0.4, -0.2) is 35.8 Å². The normalized spacial score (nSPS) is 14.3. The van der Waals surface area contributed by atoms with E-state index in [1.54, 1.807) is 50.4 Å². The van der Waals surface area contributed by atoms with Crippen molar-refractivity contribution in [2.45, 2.75) is 46.3 Å². The summed E-state index contributed by atoms with van der Waals surface area (Å²) < 4.78 is 25.8. The van der Waals surface area contributed by atoms with Gasteiger partial charge in [0.15, 0.2) is 16.3 Å². The van der Waals surface area contributed by atoms with Crippen molar-refractivity contribution in [3.05, 3.63) is 123 Å². The van der Waals surface area contributed by atoms with Crippen LogP contribution in [-0.2, 0) is 16.1 Å². The van der Waals surface area contributed by atoms with Gasteiger partial charge in [-0.25, -0.2) is 9.79 Å². The number of thiazole rings is 1. The number of aromatic nitrogens is 1. The van der Waals surface area contributed by atoms with Gasteiger partial charge in [-0.15, -0.1) is 0 Å². The molecule has 1 aliphatic heterocycles. The quantitative estimate of drug-likeness (QED) is 0.0897. The van der Waals surface area contributed by atoms with Crippen molar-refractivity contribution in [1.29, 1.82) is 0 Å². The Morgan fingerprint density at radius 2 is 1.77 bits per heavy atom. The van der Waals surface area contributed by atoms with E-state index in [0.29, 0.717) is 62.0 Å². The first-order chi connectivity index (χ1) is 23.2. The van der Waals surface area contributed by atoms with Gasteiger partial charge in [0.05, 0.1) is 41.0 Å². The molecule has 0 radical (unpaired) electrons. The lowest BCUT2D eigenvalue weighted by Gasteiger charge is -2.27. The molecule has 0 fully saturated rings. The molecule has 1 atom stereocenters. The molecule has 250 valence electrons. The minimum absolute atomic E-state index is 0.00388. The fraction of sp³-hybridized carbons (Fsp3) is 0.286. The Bertz CT molecular complexity index is 2050. The topological polar surface area (TPSA) is 131 Å². The van der Waals surface area contributed by atoms with Crippen LogP contribution in [0.15, 0.2) is 86.2 Å². The molecule has 0 unspecified atom stereocenters. The minimum atomic E-state index is -0.828. The van der Waals surface area contributed by atoms with Crippen molar-refractivity contribution in [3.63, 3.8) is 0 Å². The van der Waals surface area contributed by atoms with Crippen LogP contribution in [0.5, 0.6) is 17.2 Å². The second-order valence-corrected chi connectivity index (χ2v) is 12.6. The molecule has 0 aliphatic carbocycles. The number of non-ortho nitro benzene ring substituents is 1. The van der Waals surface area contributed by atoms with Crippen molar-refractivity contribution in [3.8, 4) is 17.2 Å². The number of nitro groups is 1. The van der Waals surface area contributed by atoms with Crippen LogP contribution >= 0.6 is 27.3 Å². The van der Waals surface area contributed by atoms with Crippen LogP contribution in [0, 0.1) is 10.1 Å². The SMILES string of the molecule is CCCC1=C(C(=O)OCC)[C@@H](c2cc(Br)ccc2OC)n2c(s/c(=C/c3ccc(OCc4ccc([N+](=O)[O-])cc4)c(OCC)c3)c2=O)=N1. The number of carbonyl (C=O) groups is 1. The summed E-state index contributed by atoms with van der Waals surface area (Å²) in [5, 5.41) is 11.0. The summed E-state index contributed by atoms with van der Waals surface area (Å²) in [4.78, 5) is 43.6. The van der Waals surface area contributed by atoms with E-state index in [1.165, 1.54) is 28.0 Å². The van der Waals surface area contributed by atoms with Gasteiger partial charge in [0.2, 0.25) is 0 Å². The average molecular weight is 737 g/mol. The summed E-state index contributed by atoms with van der Waals surface area (Å²) >= 11 is 4.78. The summed E-state index contributed by atoms with van der Waals surface area (Å²) in [6.07, 6.45) is 3.01. The van der Waals surface area contributed by atoms with Crippen LogP contribution < -0.4 is 29.1 Å². The number of hydrogen-bond donors (Lipinski definition) is 0. The summed E-state index contributed by atoms with van der Waals surface area (Å²) in [5.74, 6) is 0.950. The van der Waals surface area contributed by atoms with Gasteiger partial charge < -0.3 is 18.9 Å². The molecule has 2 heterocycles. The lowest BCUT2D eigenvalue weighted by molar-refractivity contribution is -0.384. The number of esters is 1. The Kier molecular flexibility index (Phi) is 11.1. The number of nitrogens with zero attached hydrogens (tertiary/aromatic N) is 3. The molecule has 1 aromatic heterocycles. The van der Waals surface area contributed by atoms with E-state index in [9.17, 15) is 19.7 Å². The van der Waals surface area contributed by atoms with Crippen molar-refractivity contribution in [2.75, 3.05) is 20.3 Å². The Morgan fingerprint density at radius 3 is 2.44 bits per heavy atom. The maximum absolute atomic E-state index is 14.2. The minimum Gasteiger partial charge on any atom is -0.496 e. The van der Waals surface area contributed by atoms with E-state index in [2.05, 4.69) is 15.9 Å². The van der Waals surface area contributed by atoms with Crippen LogP contribution in [0.1, 0.15) is 56.3 Å². The maximum Gasteiger partial charge on any atom is 0.338 e. The molecule has 3 aromatic carbocycles. The number of hydrogen-bond acceptors (Lipinski definition) is 10. The Hall–Kier alpha value is -4.75. The van der Waals surface area contributed by atoms with Gasteiger partial charge in [-0.05, 0) is 79.9 Å². The number of rotatable bonds is 13. The largest absolute Gasteiger partial charge is 0.496 e. The van der Waals surface area contributed by atoms with Crippen LogP contribution in [0.3, 0.4) is 0 Å². The highest BCUT2D eigenvalue weighted by atomic mass is 79.9. The Labute approximate surface area is 289 Å². The van der Waals surface area contributed by atoms with E-state index < -0.39 is 16.9 Å².